The number of ether oxygens (including phenoxy) is 1. The molecule has 0 aliphatic heterocycles. The van der Waals surface area contributed by atoms with Crippen LogP contribution in [-0.2, 0) is 11.3 Å². The first-order valence-electron chi connectivity index (χ1n) is 8.63. The van der Waals surface area contributed by atoms with Crippen molar-refractivity contribution in [1.29, 1.82) is 0 Å². The molecule has 1 amide bonds. The number of benzene rings is 1. The molecule has 0 bridgehead atoms. The minimum atomic E-state index is -0.574. The fourth-order valence-corrected chi connectivity index (χ4v) is 3.66. The van der Waals surface area contributed by atoms with Gasteiger partial charge in [0.15, 0.2) is 0 Å². The fraction of sp³-hybridized carbons (Fsp3) is 0.316. The zero-order valence-corrected chi connectivity index (χ0v) is 16.2. The number of nitrogens with one attached hydrogen (secondary N) is 1. The molecule has 0 unspecified atom stereocenters. The number of fused-ring (bicyclic) bond motifs is 1. The van der Waals surface area contributed by atoms with Crippen LogP contribution in [0.2, 0.25) is 0 Å². The summed E-state index contributed by atoms with van der Waals surface area (Å²) in [6, 6.07) is 8.50. The maximum absolute atomic E-state index is 13.2. The van der Waals surface area contributed by atoms with Gasteiger partial charge in [-0.25, -0.2) is 9.36 Å². The van der Waals surface area contributed by atoms with Crippen molar-refractivity contribution in [2.24, 2.45) is 0 Å². The molecular weight excluding hydrogens is 366 g/mol. The van der Waals surface area contributed by atoms with E-state index in [9.17, 15) is 14.4 Å². The van der Waals surface area contributed by atoms with Gasteiger partial charge < -0.3 is 10.1 Å². The van der Waals surface area contributed by atoms with Gasteiger partial charge in [0.2, 0.25) is 5.91 Å². The van der Waals surface area contributed by atoms with Crippen molar-refractivity contribution < 1.29 is 9.53 Å². The summed E-state index contributed by atoms with van der Waals surface area (Å²) in [5, 5.41) is 4.59. The smallest absolute Gasteiger partial charge is 0.336 e. The van der Waals surface area contributed by atoms with Crippen LogP contribution in [0.1, 0.15) is 20.3 Å². The molecule has 0 aliphatic rings. The van der Waals surface area contributed by atoms with Crippen LogP contribution in [0, 0.1) is 0 Å². The van der Waals surface area contributed by atoms with E-state index in [1.54, 1.807) is 35.7 Å². The molecule has 1 atom stereocenters. The van der Waals surface area contributed by atoms with E-state index in [1.165, 1.54) is 23.0 Å². The standard InChI is InChI=1S/C19H21N3O4S/c1-4-12(2)20-16(23)11-21-14-9-10-27-17(14)18(24)22(19(21)25)13-7-5-6-8-15(13)26-3/h5-10,12H,4,11H2,1-3H3,(H,20,23)/t12-/m1/s1. The molecule has 142 valence electrons. The average Bonchev–Trinajstić information content (AvgIpc) is 3.15. The van der Waals surface area contributed by atoms with Crippen molar-refractivity contribution in [3.05, 3.63) is 56.5 Å². The Morgan fingerprint density at radius 3 is 2.70 bits per heavy atom. The molecule has 1 N–H and O–H groups in total. The van der Waals surface area contributed by atoms with E-state index in [4.69, 9.17) is 4.74 Å². The molecule has 0 spiro atoms. The van der Waals surface area contributed by atoms with Crippen LogP contribution in [-0.4, -0.2) is 28.2 Å². The third kappa shape index (κ3) is 3.52. The lowest BCUT2D eigenvalue weighted by Crippen LogP contribution is -2.42. The van der Waals surface area contributed by atoms with Crippen LogP contribution in [0.5, 0.6) is 5.75 Å². The molecule has 8 heteroatoms. The second-order valence-corrected chi connectivity index (χ2v) is 7.11. The van der Waals surface area contributed by atoms with Gasteiger partial charge in [-0.2, -0.15) is 0 Å². The largest absolute Gasteiger partial charge is 0.495 e. The highest BCUT2D eigenvalue weighted by molar-refractivity contribution is 7.17. The molecule has 7 nitrogen and oxygen atoms in total. The van der Waals surface area contributed by atoms with Gasteiger partial charge in [-0.3, -0.25) is 14.2 Å². The predicted molar refractivity (Wildman–Crippen MR) is 106 cm³/mol. The van der Waals surface area contributed by atoms with Gasteiger partial charge in [0.1, 0.15) is 17.0 Å². The van der Waals surface area contributed by atoms with Gasteiger partial charge in [0.25, 0.3) is 5.56 Å². The molecule has 1 aromatic carbocycles. The Kier molecular flexibility index (Phi) is 5.46. The first-order valence-corrected chi connectivity index (χ1v) is 9.51. The normalized spacial score (nSPS) is 12.1. The molecule has 0 saturated heterocycles. The number of carbonyl (C=O) groups excluding carboxylic acids is 1. The van der Waals surface area contributed by atoms with E-state index in [1.807, 2.05) is 13.8 Å². The molecule has 0 saturated carbocycles. The van der Waals surface area contributed by atoms with Crippen molar-refractivity contribution >= 4 is 27.5 Å². The summed E-state index contributed by atoms with van der Waals surface area (Å²) in [4.78, 5) is 38.5. The van der Waals surface area contributed by atoms with Crippen molar-refractivity contribution in [2.45, 2.75) is 32.9 Å². The Balaban J connectivity index is 2.21. The monoisotopic (exact) mass is 387 g/mol. The fourth-order valence-electron chi connectivity index (χ4n) is 2.83. The van der Waals surface area contributed by atoms with E-state index >= 15 is 0 Å². The lowest BCUT2D eigenvalue weighted by Gasteiger charge is -2.15. The number of aromatic nitrogens is 2. The minimum Gasteiger partial charge on any atom is -0.495 e. The van der Waals surface area contributed by atoms with Gasteiger partial charge in [-0.05, 0) is 36.9 Å². The molecule has 0 aliphatic carbocycles. The van der Waals surface area contributed by atoms with E-state index < -0.39 is 11.2 Å². The molecular formula is C19H21N3O4S. The second-order valence-electron chi connectivity index (χ2n) is 6.19. The number of hydrogen-bond acceptors (Lipinski definition) is 5. The van der Waals surface area contributed by atoms with Crippen molar-refractivity contribution in [3.63, 3.8) is 0 Å². The van der Waals surface area contributed by atoms with Gasteiger partial charge in [0, 0.05) is 6.04 Å². The van der Waals surface area contributed by atoms with E-state index in [0.717, 1.165) is 11.0 Å². The minimum absolute atomic E-state index is 0.00582. The zero-order valence-electron chi connectivity index (χ0n) is 15.4. The Morgan fingerprint density at radius 2 is 2.00 bits per heavy atom. The topological polar surface area (TPSA) is 82.3 Å². The Labute approximate surface area is 159 Å². The number of methoxy groups -OCH3 is 1. The summed E-state index contributed by atoms with van der Waals surface area (Å²) >= 11 is 1.24. The van der Waals surface area contributed by atoms with Crippen LogP contribution in [0.15, 0.2) is 45.3 Å². The van der Waals surface area contributed by atoms with E-state index in [-0.39, 0.29) is 18.5 Å². The van der Waals surface area contributed by atoms with Gasteiger partial charge in [-0.15, -0.1) is 11.3 Å². The summed E-state index contributed by atoms with van der Waals surface area (Å²) < 4.78 is 8.12. The third-order valence-corrected chi connectivity index (χ3v) is 5.29. The SMILES string of the molecule is CC[C@@H](C)NC(=O)Cn1c(=O)n(-c2ccccc2OC)c(=O)c2sccc21. The number of para-hydroxylation sites is 2. The summed E-state index contributed by atoms with van der Waals surface area (Å²) in [6.07, 6.45) is 0.787. The van der Waals surface area contributed by atoms with Crippen LogP contribution >= 0.6 is 11.3 Å². The maximum atomic E-state index is 13.2. The number of rotatable bonds is 6. The van der Waals surface area contributed by atoms with Crippen LogP contribution < -0.4 is 21.3 Å². The van der Waals surface area contributed by atoms with Crippen molar-refractivity contribution in [1.82, 2.24) is 14.5 Å². The first kappa shape index (κ1) is 18.9. The highest BCUT2D eigenvalue weighted by Gasteiger charge is 2.19. The summed E-state index contributed by atoms with van der Waals surface area (Å²) in [5.74, 6) is 0.132. The molecule has 0 fully saturated rings. The van der Waals surface area contributed by atoms with Gasteiger partial charge >= 0.3 is 5.69 Å². The number of hydrogen-bond donors (Lipinski definition) is 1. The lowest BCUT2D eigenvalue weighted by molar-refractivity contribution is -0.122. The highest BCUT2D eigenvalue weighted by Crippen LogP contribution is 2.21. The Hall–Kier alpha value is -2.87. The van der Waals surface area contributed by atoms with Gasteiger partial charge in [0.05, 0.1) is 18.3 Å². The van der Waals surface area contributed by atoms with Crippen LogP contribution in [0.4, 0.5) is 0 Å². The quantitative estimate of drug-likeness (QED) is 0.703. The Morgan fingerprint density at radius 1 is 1.26 bits per heavy atom. The van der Waals surface area contributed by atoms with E-state index in [0.29, 0.717) is 21.7 Å². The van der Waals surface area contributed by atoms with Crippen molar-refractivity contribution in [2.75, 3.05) is 7.11 Å². The average molecular weight is 387 g/mol. The highest BCUT2D eigenvalue weighted by atomic mass is 32.1. The van der Waals surface area contributed by atoms with Crippen molar-refractivity contribution in [3.8, 4) is 11.4 Å². The number of carbonyl (C=O) groups is 1. The molecule has 27 heavy (non-hydrogen) atoms. The number of thiophene rings is 1. The molecule has 0 radical (unpaired) electrons. The third-order valence-electron chi connectivity index (χ3n) is 4.40. The molecule has 2 heterocycles. The molecule has 2 aromatic heterocycles. The van der Waals surface area contributed by atoms with E-state index in [2.05, 4.69) is 5.32 Å². The molecule has 3 rings (SSSR count). The van der Waals surface area contributed by atoms with Crippen LogP contribution in [0.3, 0.4) is 0 Å². The number of nitrogens with zero attached hydrogens (tertiary/aromatic N) is 2. The first-order chi connectivity index (χ1) is 13.0. The summed E-state index contributed by atoms with van der Waals surface area (Å²) in [6.45, 7) is 3.71. The molecule has 3 aromatic rings. The Bertz CT molecular complexity index is 1100. The summed E-state index contributed by atoms with van der Waals surface area (Å²) in [7, 11) is 1.48. The predicted octanol–water partition coefficient (Wildman–Crippen LogP) is 2.14. The lowest BCUT2D eigenvalue weighted by atomic mass is 10.2. The zero-order chi connectivity index (χ0) is 19.6. The van der Waals surface area contributed by atoms with Gasteiger partial charge in [-0.1, -0.05) is 19.1 Å². The van der Waals surface area contributed by atoms with Crippen LogP contribution in [0.25, 0.3) is 15.9 Å². The second kappa shape index (κ2) is 7.79. The number of amides is 1. The maximum Gasteiger partial charge on any atom is 0.336 e. The summed E-state index contributed by atoms with van der Waals surface area (Å²) in [5.41, 5.74) is -0.190.